The van der Waals surface area contributed by atoms with Crippen molar-refractivity contribution in [1.82, 2.24) is 4.90 Å². The highest BCUT2D eigenvalue weighted by atomic mass is 32.2. The van der Waals surface area contributed by atoms with Gasteiger partial charge in [0.2, 0.25) is 6.79 Å². The Morgan fingerprint density at radius 1 is 1.35 bits per heavy atom. The SMILES string of the molecule is CCOC(=O)C1=C(C)N=C2SC(=O)C(=O)N2C1c1ccc2c(c1)OCO2. The standard InChI is InChI=1S/C17H14N2O6S/c1-3-23-15(21)12-8(2)18-17-19(14(20)16(22)26-17)13(12)9-4-5-10-11(6-9)25-7-24-10/h4-6,13H,3,7H2,1-2H3. The number of amidine groups is 1. The van der Waals surface area contributed by atoms with Gasteiger partial charge in [0.05, 0.1) is 23.9 Å². The molecule has 4 rings (SSSR count). The zero-order valence-electron chi connectivity index (χ0n) is 14.0. The number of rotatable bonds is 3. The first-order chi connectivity index (χ1) is 12.5. The number of benzene rings is 1. The van der Waals surface area contributed by atoms with Crippen LogP contribution >= 0.6 is 11.8 Å². The average molecular weight is 374 g/mol. The first-order valence-electron chi connectivity index (χ1n) is 7.92. The van der Waals surface area contributed by atoms with Gasteiger partial charge in [0, 0.05) is 0 Å². The highest BCUT2D eigenvalue weighted by molar-refractivity contribution is 8.28. The van der Waals surface area contributed by atoms with Gasteiger partial charge in [0.15, 0.2) is 16.7 Å². The molecule has 0 aliphatic carbocycles. The van der Waals surface area contributed by atoms with Gasteiger partial charge in [-0.2, -0.15) is 0 Å². The molecule has 1 saturated heterocycles. The number of nitrogens with zero attached hydrogens (tertiary/aromatic N) is 2. The molecule has 0 bridgehead atoms. The van der Waals surface area contributed by atoms with E-state index in [1.807, 2.05) is 0 Å². The second-order valence-electron chi connectivity index (χ2n) is 5.69. The maximum Gasteiger partial charge on any atom is 0.338 e. The fraction of sp³-hybridized carbons (Fsp3) is 0.294. The van der Waals surface area contributed by atoms with Crippen LogP contribution in [0.1, 0.15) is 25.5 Å². The fourth-order valence-electron chi connectivity index (χ4n) is 3.06. The van der Waals surface area contributed by atoms with Gasteiger partial charge in [-0.3, -0.25) is 14.5 Å². The molecule has 1 aromatic carbocycles. The molecule has 3 aliphatic heterocycles. The second-order valence-corrected chi connectivity index (χ2v) is 6.63. The molecule has 0 spiro atoms. The van der Waals surface area contributed by atoms with Crippen LogP contribution in [0.25, 0.3) is 0 Å². The molecule has 1 unspecified atom stereocenters. The molecule has 3 heterocycles. The van der Waals surface area contributed by atoms with Gasteiger partial charge in [0.1, 0.15) is 0 Å². The number of hydrogen-bond acceptors (Lipinski definition) is 8. The number of allylic oxidation sites excluding steroid dienone is 1. The molecule has 26 heavy (non-hydrogen) atoms. The van der Waals surface area contributed by atoms with Gasteiger partial charge < -0.3 is 14.2 Å². The third-order valence-corrected chi connectivity index (χ3v) is 5.01. The fourth-order valence-corrected chi connectivity index (χ4v) is 3.88. The van der Waals surface area contributed by atoms with E-state index < -0.39 is 23.0 Å². The summed E-state index contributed by atoms with van der Waals surface area (Å²) in [7, 11) is 0. The highest BCUT2D eigenvalue weighted by Gasteiger charge is 2.47. The lowest BCUT2D eigenvalue weighted by molar-refractivity contribution is -0.141. The lowest BCUT2D eigenvalue weighted by Crippen LogP contribution is -2.40. The van der Waals surface area contributed by atoms with Crippen LogP contribution in [0.4, 0.5) is 0 Å². The average Bonchev–Trinajstić information content (AvgIpc) is 3.18. The van der Waals surface area contributed by atoms with Crippen LogP contribution in [-0.4, -0.2) is 40.5 Å². The van der Waals surface area contributed by atoms with Crippen LogP contribution in [0.15, 0.2) is 34.5 Å². The number of ether oxygens (including phenoxy) is 3. The summed E-state index contributed by atoms with van der Waals surface area (Å²) >= 11 is 0.758. The van der Waals surface area contributed by atoms with Gasteiger partial charge in [0.25, 0.3) is 5.12 Å². The molecule has 0 aromatic heterocycles. The molecule has 1 fully saturated rings. The number of fused-ring (bicyclic) bond motifs is 2. The zero-order valence-corrected chi connectivity index (χ0v) is 14.8. The van der Waals surface area contributed by atoms with Crippen molar-refractivity contribution in [2.24, 2.45) is 4.99 Å². The lowest BCUT2D eigenvalue weighted by atomic mass is 9.94. The Labute approximate surface area is 152 Å². The van der Waals surface area contributed by atoms with Gasteiger partial charge >= 0.3 is 11.9 Å². The van der Waals surface area contributed by atoms with Crippen molar-refractivity contribution in [3.8, 4) is 11.5 Å². The first-order valence-corrected chi connectivity index (χ1v) is 8.74. The van der Waals surface area contributed by atoms with Crippen LogP contribution in [0.5, 0.6) is 11.5 Å². The van der Waals surface area contributed by atoms with Crippen LogP contribution in [0, 0.1) is 0 Å². The summed E-state index contributed by atoms with van der Waals surface area (Å²) in [6.45, 7) is 3.64. The van der Waals surface area contributed by atoms with Crippen molar-refractivity contribution >= 4 is 33.9 Å². The molecular formula is C17H14N2O6S. The first kappa shape index (κ1) is 16.6. The summed E-state index contributed by atoms with van der Waals surface area (Å²) in [6, 6.07) is 4.32. The number of thioether (sulfide) groups is 1. The Balaban J connectivity index is 1.86. The van der Waals surface area contributed by atoms with Gasteiger partial charge in [-0.1, -0.05) is 6.07 Å². The molecule has 1 amide bonds. The number of carbonyl (C=O) groups excluding carboxylic acids is 3. The Morgan fingerprint density at radius 2 is 2.12 bits per heavy atom. The van der Waals surface area contributed by atoms with E-state index in [0.29, 0.717) is 22.8 Å². The van der Waals surface area contributed by atoms with Crippen molar-refractivity contribution in [2.45, 2.75) is 19.9 Å². The number of amides is 1. The Kier molecular flexibility index (Phi) is 3.95. The number of carbonyl (C=O) groups is 3. The third-order valence-electron chi connectivity index (χ3n) is 4.18. The second kappa shape index (κ2) is 6.17. The smallest absolute Gasteiger partial charge is 0.338 e. The van der Waals surface area contributed by atoms with Crippen LogP contribution in [-0.2, 0) is 19.1 Å². The van der Waals surface area contributed by atoms with E-state index in [2.05, 4.69) is 4.99 Å². The quantitative estimate of drug-likeness (QED) is 0.588. The minimum Gasteiger partial charge on any atom is -0.463 e. The molecule has 0 saturated carbocycles. The highest BCUT2D eigenvalue weighted by Crippen LogP contribution is 2.44. The van der Waals surface area contributed by atoms with Gasteiger partial charge in [-0.25, -0.2) is 9.79 Å². The Hall–Kier alpha value is -2.81. The van der Waals surface area contributed by atoms with Gasteiger partial charge in [-0.05, 0) is 43.3 Å². The van der Waals surface area contributed by atoms with E-state index >= 15 is 0 Å². The van der Waals surface area contributed by atoms with Crippen molar-refractivity contribution in [3.63, 3.8) is 0 Å². The Bertz CT molecular complexity index is 907. The number of hydrogen-bond donors (Lipinski definition) is 0. The number of esters is 1. The molecule has 3 aliphatic rings. The molecule has 0 N–H and O–H groups in total. The predicted octanol–water partition coefficient (Wildman–Crippen LogP) is 1.77. The van der Waals surface area contributed by atoms with Crippen LogP contribution < -0.4 is 9.47 Å². The predicted molar refractivity (Wildman–Crippen MR) is 91.5 cm³/mol. The normalized spacial score (nSPS) is 21.1. The molecule has 0 radical (unpaired) electrons. The zero-order chi connectivity index (χ0) is 18.4. The minimum absolute atomic E-state index is 0.104. The van der Waals surface area contributed by atoms with E-state index in [1.54, 1.807) is 32.0 Å². The minimum atomic E-state index is -0.817. The Morgan fingerprint density at radius 3 is 2.88 bits per heavy atom. The summed E-state index contributed by atoms with van der Waals surface area (Å²) in [5.74, 6) is -0.202. The lowest BCUT2D eigenvalue weighted by Gasteiger charge is -2.32. The van der Waals surface area contributed by atoms with E-state index in [4.69, 9.17) is 14.2 Å². The van der Waals surface area contributed by atoms with E-state index in [1.165, 1.54) is 4.90 Å². The maximum atomic E-state index is 12.6. The monoisotopic (exact) mass is 374 g/mol. The van der Waals surface area contributed by atoms with Crippen molar-refractivity contribution in [3.05, 3.63) is 35.0 Å². The molecule has 9 heteroatoms. The molecule has 8 nitrogen and oxygen atoms in total. The number of aliphatic imine (C=N–C) groups is 1. The van der Waals surface area contributed by atoms with Crippen molar-refractivity contribution < 1.29 is 28.6 Å². The summed E-state index contributed by atoms with van der Waals surface area (Å²) in [6.07, 6.45) is 0. The third kappa shape index (κ3) is 2.47. The summed E-state index contributed by atoms with van der Waals surface area (Å²) in [5.41, 5.74) is 1.23. The van der Waals surface area contributed by atoms with Crippen LogP contribution in [0.3, 0.4) is 0 Å². The van der Waals surface area contributed by atoms with Crippen LogP contribution in [0.2, 0.25) is 0 Å². The largest absolute Gasteiger partial charge is 0.463 e. The van der Waals surface area contributed by atoms with Crippen molar-refractivity contribution in [1.29, 1.82) is 0 Å². The van der Waals surface area contributed by atoms with E-state index in [0.717, 1.165) is 11.8 Å². The summed E-state index contributed by atoms with van der Waals surface area (Å²) in [5, 5.41) is -0.374. The van der Waals surface area contributed by atoms with E-state index in [-0.39, 0.29) is 24.1 Å². The summed E-state index contributed by atoms with van der Waals surface area (Å²) < 4.78 is 15.9. The molecule has 134 valence electrons. The summed E-state index contributed by atoms with van der Waals surface area (Å²) in [4.78, 5) is 42.4. The molecule has 1 atom stereocenters. The molecule has 1 aromatic rings. The van der Waals surface area contributed by atoms with Gasteiger partial charge in [-0.15, -0.1) is 0 Å². The van der Waals surface area contributed by atoms with E-state index in [9.17, 15) is 14.4 Å². The maximum absolute atomic E-state index is 12.6. The van der Waals surface area contributed by atoms with Crippen molar-refractivity contribution in [2.75, 3.05) is 13.4 Å². The topological polar surface area (TPSA) is 94.5 Å². The molecular weight excluding hydrogens is 360 g/mol.